The first-order valence-corrected chi connectivity index (χ1v) is 10.4. The molecule has 5 rings (SSSR count). The largest absolute Gasteiger partial charge is 0.465 e. The molecule has 2 unspecified atom stereocenters. The van der Waals surface area contributed by atoms with Gasteiger partial charge in [-0.2, -0.15) is 0 Å². The molecular formula is C22H27N5O2. The van der Waals surface area contributed by atoms with Gasteiger partial charge in [-0.3, -0.25) is 4.79 Å². The first-order chi connectivity index (χ1) is 14.1. The average molecular weight is 393 g/mol. The summed E-state index contributed by atoms with van der Waals surface area (Å²) in [5.74, 6) is 3.36. The Bertz CT molecular complexity index is 1030. The third-order valence-corrected chi connectivity index (χ3v) is 6.23. The number of aromatic amines is 1. The van der Waals surface area contributed by atoms with E-state index in [1.165, 1.54) is 5.56 Å². The van der Waals surface area contributed by atoms with E-state index in [9.17, 15) is 4.79 Å². The van der Waals surface area contributed by atoms with Crippen LogP contribution in [0.3, 0.4) is 0 Å². The molecule has 2 aromatic heterocycles. The number of hydrogen-bond donors (Lipinski definition) is 3. The van der Waals surface area contributed by atoms with Crippen LogP contribution in [-0.2, 0) is 4.79 Å². The lowest BCUT2D eigenvalue weighted by molar-refractivity contribution is -0.134. The molecule has 2 aliphatic rings. The van der Waals surface area contributed by atoms with Crippen molar-refractivity contribution in [3.8, 4) is 0 Å². The SMILES string of the molecule is Cc1ccc(C2CC(C(=O)N3CCC(c4nc5c(C)cccc5[nH]4)CC3)NN2)o1. The molecule has 3 aromatic rings. The number of fused-ring (bicyclic) bond motifs is 1. The van der Waals surface area contributed by atoms with Crippen molar-refractivity contribution in [1.29, 1.82) is 0 Å². The molecule has 29 heavy (non-hydrogen) atoms. The molecule has 1 amide bonds. The Kier molecular flexibility index (Phi) is 4.64. The van der Waals surface area contributed by atoms with E-state index in [-0.39, 0.29) is 18.0 Å². The molecule has 4 heterocycles. The first kappa shape index (κ1) is 18.4. The molecule has 0 bridgehead atoms. The van der Waals surface area contributed by atoms with Gasteiger partial charge in [-0.25, -0.2) is 15.8 Å². The number of H-pyrrole nitrogens is 1. The minimum Gasteiger partial charge on any atom is -0.465 e. The quantitative estimate of drug-likeness (QED) is 0.637. The van der Waals surface area contributed by atoms with E-state index in [4.69, 9.17) is 9.40 Å². The molecule has 152 valence electrons. The summed E-state index contributed by atoms with van der Waals surface area (Å²) in [6.07, 6.45) is 2.58. The molecule has 0 saturated carbocycles. The van der Waals surface area contributed by atoms with E-state index in [0.29, 0.717) is 12.3 Å². The molecule has 7 nitrogen and oxygen atoms in total. The van der Waals surface area contributed by atoms with Crippen LogP contribution in [0.1, 0.15) is 54.1 Å². The maximum atomic E-state index is 13.0. The Labute approximate surface area is 169 Å². The molecule has 1 aromatic carbocycles. The minimum atomic E-state index is -0.212. The summed E-state index contributed by atoms with van der Waals surface area (Å²) in [4.78, 5) is 23.3. The van der Waals surface area contributed by atoms with Gasteiger partial charge in [-0.15, -0.1) is 0 Å². The van der Waals surface area contributed by atoms with Crippen LogP contribution in [0.2, 0.25) is 0 Å². The molecule has 7 heteroatoms. The zero-order valence-corrected chi connectivity index (χ0v) is 16.9. The highest BCUT2D eigenvalue weighted by Gasteiger charge is 2.36. The van der Waals surface area contributed by atoms with Gasteiger partial charge in [0.2, 0.25) is 5.91 Å². The first-order valence-electron chi connectivity index (χ1n) is 10.4. The van der Waals surface area contributed by atoms with Crippen molar-refractivity contribution in [2.24, 2.45) is 0 Å². The maximum Gasteiger partial charge on any atom is 0.241 e. The second-order valence-corrected chi connectivity index (χ2v) is 8.27. The second-order valence-electron chi connectivity index (χ2n) is 8.27. The van der Waals surface area contributed by atoms with Gasteiger partial charge in [-0.1, -0.05) is 12.1 Å². The normalized spacial score (nSPS) is 23.2. The number of carbonyl (C=O) groups excluding carboxylic acids is 1. The third kappa shape index (κ3) is 3.45. The van der Waals surface area contributed by atoms with Crippen LogP contribution in [0.4, 0.5) is 0 Å². The summed E-state index contributed by atoms with van der Waals surface area (Å²) >= 11 is 0. The lowest BCUT2D eigenvalue weighted by atomic mass is 9.95. The summed E-state index contributed by atoms with van der Waals surface area (Å²) in [5.41, 5.74) is 9.71. The van der Waals surface area contributed by atoms with Crippen LogP contribution in [-0.4, -0.2) is 39.9 Å². The van der Waals surface area contributed by atoms with Gasteiger partial charge in [0.05, 0.1) is 17.1 Å². The number of amides is 1. The van der Waals surface area contributed by atoms with Crippen molar-refractivity contribution < 1.29 is 9.21 Å². The second kappa shape index (κ2) is 7.31. The number of likely N-dealkylation sites (tertiary alicyclic amines) is 1. The van der Waals surface area contributed by atoms with Crippen molar-refractivity contribution >= 4 is 16.9 Å². The van der Waals surface area contributed by atoms with Gasteiger partial charge in [0, 0.05) is 19.0 Å². The van der Waals surface area contributed by atoms with Gasteiger partial charge in [0.1, 0.15) is 23.4 Å². The van der Waals surface area contributed by atoms with Gasteiger partial charge >= 0.3 is 0 Å². The van der Waals surface area contributed by atoms with Crippen LogP contribution >= 0.6 is 0 Å². The molecule has 0 radical (unpaired) electrons. The van der Waals surface area contributed by atoms with E-state index >= 15 is 0 Å². The summed E-state index contributed by atoms with van der Waals surface area (Å²) in [6.45, 7) is 5.56. The van der Waals surface area contributed by atoms with Gasteiger partial charge in [0.25, 0.3) is 0 Å². The van der Waals surface area contributed by atoms with Crippen molar-refractivity contribution in [3.05, 3.63) is 53.2 Å². The number of para-hydroxylation sites is 1. The average Bonchev–Trinajstić information content (AvgIpc) is 3.47. The minimum absolute atomic E-state index is 0.0361. The number of furan rings is 1. The predicted molar refractivity (Wildman–Crippen MR) is 110 cm³/mol. The molecule has 0 aliphatic carbocycles. The zero-order chi connectivity index (χ0) is 20.0. The molecule has 2 atom stereocenters. The van der Waals surface area contributed by atoms with Crippen LogP contribution in [0.25, 0.3) is 11.0 Å². The Morgan fingerprint density at radius 3 is 2.69 bits per heavy atom. The summed E-state index contributed by atoms with van der Waals surface area (Å²) in [5, 5.41) is 0. The number of carbonyl (C=O) groups is 1. The number of hydrogen-bond acceptors (Lipinski definition) is 5. The van der Waals surface area contributed by atoms with Gasteiger partial charge in [0.15, 0.2) is 0 Å². The Morgan fingerprint density at radius 2 is 1.97 bits per heavy atom. The number of nitrogens with one attached hydrogen (secondary N) is 3. The number of piperidine rings is 1. The Morgan fingerprint density at radius 1 is 1.14 bits per heavy atom. The van der Waals surface area contributed by atoms with E-state index in [2.05, 4.69) is 41.0 Å². The van der Waals surface area contributed by atoms with Crippen LogP contribution in [0, 0.1) is 13.8 Å². The smallest absolute Gasteiger partial charge is 0.241 e. The number of benzene rings is 1. The summed E-state index contributed by atoms with van der Waals surface area (Å²) < 4.78 is 5.70. The van der Waals surface area contributed by atoms with Crippen molar-refractivity contribution in [3.63, 3.8) is 0 Å². The highest BCUT2D eigenvalue weighted by atomic mass is 16.3. The highest BCUT2D eigenvalue weighted by molar-refractivity contribution is 5.82. The standard InChI is InChI=1S/C22H27N5O2/c1-13-4-3-5-16-20(13)24-21(23-16)15-8-10-27(11-9-15)22(28)18-12-17(25-26-18)19-7-6-14(2)29-19/h3-7,15,17-18,25-26H,8-12H2,1-2H3,(H,23,24). The molecule has 3 N–H and O–H groups in total. The maximum absolute atomic E-state index is 13.0. The fraction of sp³-hybridized carbons (Fsp3) is 0.455. The highest BCUT2D eigenvalue weighted by Crippen LogP contribution is 2.30. The van der Waals surface area contributed by atoms with E-state index < -0.39 is 0 Å². The molecular weight excluding hydrogens is 366 g/mol. The van der Waals surface area contributed by atoms with Crippen molar-refractivity contribution in [2.45, 2.75) is 51.1 Å². The number of aryl methyl sites for hydroxylation is 2. The number of aromatic nitrogens is 2. The number of rotatable bonds is 3. The number of imidazole rings is 1. The number of nitrogens with zero attached hydrogens (tertiary/aromatic N) is 2. The monoisotopic (exact) mass is 393 g/mol. The molecule has 2 aliphatic heterocycles. The van der Waals surface area contributed by atoms with Crippen LogP contribution in [0.5, 0.6) is 0 Å². The molecule has 2 fully saturated rings. The van der Waals surface area contributed by atoms with Crippen molar-refractivity contribution in [2.75, 3.05) is 13.1 Å². The summed E-state index contributed by atoms with van der Waals surface area (Å²) in [7, 11) is 0. The fourth-order valence-corrected chi connectivity index (χ4v) is 4.53. The Hall–Kier alpha value is -2.64. The van der Waals surface area contributed by atoms with Crippen LogP contribution < -0.4 is 10.9 Å². The predicted octanol–water partition coefficient (Wildman–Crippen LogP) is 3.09. The lowest BCUT2D eigenvalue weighted by Gasteiger charge is -2.32. The van der Waals surface area contributed by atoms with E-state index in [0.717, 1.165) is 54.3 Å². The van der Waals surface area contributed by atoms with Crippen LogP contribution in [0.15, 0.2) is 34.7 Å². The molecule has 2 saturated heterocycles. The van der Waals surface area contributed by atoms with Crippen molar-refractivity contribution in [1.82, 2.24) is 25.7 Å². The lowest BCUT2D eigenvalue weighted by Crippen LogP contribution is -2.48. The fourth-order valence-electron chi connectivity index (χ4n) is 4.53. The molecule has 0 spiro atoms. The summed E-state index contributed by atoms with van der Waals surface area (Å²) in [6, 6.07) is 9.98. The zero-order valence-electron chi connectivity index (χ0n) is 16.9. The number of hydrazine groups is 1. The third-order valence-electron chi connectivity index (χ3n) is 6.23. The topological polar surface area (TPSA) is 86.2 Å². The van der Waals surface area contributed by atoms with Gasteiger partial charge in [-0.05, 0) is 56.9 Å². The van der Waals surface area contributed by atoms with E-state index in [1.54, 1.807) is 0 Å². The van der Waals surface area contributed by atoms with E-state index in [1.807, 2.05) is 24.0 Å². The van der Waals surface area contributed by atoms with Gasteiger partial charge < -0.3 is 14.3 Å². The Balaban J connectivity index is 1.20.